The highest BCUT2D eigenvalue weighted by Gasteiger charge is 2.20. The van der Waals surface area contributed by atoms with Gasteiger partial charge in [0.1, 0.15) is 11.5 Å². The van der Waals surface area contributed by atoms with Crippen molar-refractivity contribution in [2.24, 2.45) is 0 Å². The Balaban J connectivity index is 2.58. The molecule has 0 bridgehead atoms. The molecular formula is C16H25NO3. The number of hydrogen-bond acceptors (Lipinski definition) is 3. The van der Waals surface area contributed by atoms with Crippen LogP contribution in [0.4, 0.5) is 0 Å². The molecule has 1 rings (SSSR count). The van der Waals surface area contributed by atoms with E-state index in [0.717, 1.165) is 31.7 Å². The molecule has 1 atom stereocenters. The summed E-state index contributed by atoms with van der Waals surface area (Å²) < 4.78 is 10.8. The smallest absolute Gasteiger partial charge is 0.263 e. The van der Waals surface area contributed by atoms with Crippen molar-refractivity contribution in [1.82, 2.24) is 4.90 Å². The summed E-state index contributed by atoms with van der Waals surface area (Å²) in [4.78, 5) is 14.1. The second-order valence-corrected chi connectivity index (χ2v) is 4.71. The zero-order valence-corrected chi connectivity index (χ0v) is 12.9. The van der Waals surface area contributed by atoms with Crippen LogP contribution in [0.25, 0.3) is 0 Å². The lowest BCUT2D eigenvalue weighted by Crippen LogP contribution is -2.40. The second-order valence-electron chi connectivity index (χ2n) is 4.71. The highest BCUT2D eigenvalue weighted by atomic mass is 16.5. The monoisotopic (exact) mass is 279 g/mol. The first-order valence-electron chi connectivity index (χ1n) is 7.21. The van der Waals surface area contributed by atoms with Crippen molar-refractivity contribution in [2.45, 2.75) is 39.7 Å². The standard InChI is InChI=1S/C16H25NO3/c1-5-7-12-17(6-2)16(18)13(3)20-15-10-8-14(19-4)9-11-15/h8-11,13H,5-7,12H2,1-4H3. The summed E-state index contributed by atoms with van der Waals surface area (Å²) in [7, 11) is 1.62. The highest BCUT2D eigenvalue weighted by molar-refractivity contribution is 5.80. The number of unbranched alkanes of at least 4 members (excludes halogenated alkanes) is 1. The number of rotatable bonds is 8. The number of likely N-dealkylation sites (N-methyl/N-ethyl adjacent to an activating group) is 1. The van der Waals surface area contributed by atoms with Gasteiger partial charge in [0.2, 0.25) is 0 Å². The van der Waals surface area contributed by atoms with Gasteiger partial charge in [0.05, 0.1) is 7.11 Å². The lowest BCUT2D eigenvalue weighted by Gasteiger charge is -2.24. The molecule has 1 aromatic rings. The number of methoxy groups -OCH3 is 1. The van der Waals surface area contributed by atoms with E-state index in [0.29, 0.717) is 5.75 Å². The maximum atomic E-state index is 12.3. The first kappa shape index (κ1) is 16.3. The molecule has 0 heterocycles. The molecule has 0 saturated heterocycles. The molecule has 20 heavy (non-hydrogen) atoms. The molecular weight excluding hydrogens is 254 g/mol. The fourth-order valence-corrected chi connectivity index (χ4v) is 1.94. The van der Waals surface area contributed by atoms with E-state index in [-0.39, 0.29) is 5.91 Å². The van der Waals surface area contributed by atoms with Gasteiger partial charge >= 0.3 is 0 Å². The molecule has 0 radical (unpaired) electrons. The quantitative estimate of drug-likeness (QED) is 0.734. The minimum atomic E-state index is -0.472. The zero-order chi connectivity index (χ0) is 15.0. The fraction of sp³-hybridized carbons (Fsp3) is 0.562. The summed E-state index contributed by atoms with van der Waals surface area (Å²) in [5.41, 5.74) is 0. The van der Waals surface area contributed by atoms with E-state index >= 15 is 0 Å². The van der Waals surface area contributed by atoms with Crippen LogP contribution in [-0.4, -0.2) is 37.1 Å². The Bertz CT molecular complexity index is 403. The molecule has 0 spiro atoms. The molecule has 0 aromatic heterocycles. The van der Waals surface area contributed by atoms with Crippen molar-refractivity contribution in [3.8, 4) is 11.5 Å². The summed E-state index contributed by atoms with van der Waals surface area (Å²) in [5.74, 6) is 1.49. The molecule has 0 N–H and O–H groups in total. The Kier molecular flexibility index (Phi) is 6.91. The van der Waals surface area contributed by atoms with Crippen LogP contribution in [0, 0.1) is 0 Å². The van der Waals surface area contributed by atoms with Crippen LogP contribution in [0.2, 0.25) is 0 Å². The van der Waals surface area contributed by atoms with E-state index in [1.807, 2.05) is 36.1 Å². The SMILES string of the molecule is CCCCN(CC)C(=O)C(C)Oc1ccc(OC)cc1. The summed E-state index contributed by atoms with van der Waals surface area (Å²) in [6.07, 6.45) is 1.63. The van der Waals surface area contributed by atoms with Crippen LogP contribution in [-0.2, 0) is 4.79 Å². The number of hydrogen-bond donors (Lipinski definition) is 0. The van der Waals surface area contributed by atoms with Crippen LogP contribution in [0.15, 0.2) is 24.3 Å². The van der Waals surface area contributed by atoms with E-state index in [9.17, 15) is 4.79 Å². The Labute approximate surface area is 121 Å². The molecule has 1 unspecified atom stereocenters. The molecule has 4 heteroatoms. The van der Waals surface area contributed by atoms with Crippen LogP contribution in [0.5, 0.6) is 11.5 Å². The highest BCUT2D eigenvalue weighted by Crippen LogP contribution is 2.18. The van der Waals surface area contributed by atoms with E-state index in [2.05, 4.69) is 6.92 Å². The van der Waals surface area contributed by atoms with Gasteiger partial charge in [-0.15, -0.1) is 0 Å². The van der Waals surface area contributed by atoms with E-state index in [1.54, 1.807) is 14.0 Å². The summed E-state index contributed by atoms with van der Waals surface area (Å²) in [6, 6.07) is 7.26. The van der Waals surface area contributed by atoms with Crippen LogP contribution in [0.3, 0.4) is 0 Å². The first-order chi connectivity index (χ1) is 9.62. The van der Waals surface area contributed by atoms with Crippen molar-refractivity contribution in [3.63, 3.8) is 0 Å². The van der Waals surface area contributed by atoms with E-state index in [4.69, 9.17) is 9.47 Å². The zero-order valence-electron chi connectivity index (χ0n) is 12.9. The minimum absolute atomic E-state index is 0.0387. The molecule has 0 aliphatic heterocycles. The van der Waals surface area contributed by atoms with Crippen molar-refractivity contribution in [3.05, 3.63) is 24.3 Å². The van der Waals surface area contributed by atoms with Gasteiger partial charge in [-0.3, -0.25) is 4.79 Å². The van der Waals surface area contributed by atoms with Gasteiger partial charge in [0, 0.05) is 13.1 Å². The maximum absolute atomic E-state index is 12.3. The lowest BCUT2D eigenvalue weighted by molar-refractivity contribution is -0.137. The third kappa shape index (κ3) is 4.76. The van der Waals surface area contributed by atoms with Crippen molar-refractivity contribution < 1.29 is 14.3 Å². The number of amides is 1. The Hall–Kier alpha value is -1.71. The van der Waals surface area contributed by atoms with Crippen molar-refractivity contribution in [2.75, 3.05) is 20.2 Å². The first-order valence-corrected chi connectivity index (χ1v) is 7.21. The number of benzene rings is 1. The van der Waals surface area contributed by atoms with Crippen molar-refractivity contribution in [1.29, 1.82) is 0 Å². The maximum Gasteiger partial charge on any atom is 0.263 e. The average Bonchev–Trinajstić information content (AvgIpc) is 2.48. The molecule has 1 amide bonds. The molecule has 4 nitrogen and oxygen atoms in total. The van der Waals surface area contributed by atoms with Gasteiger partial charge in [0.15, 0.2) is 6.10 Å². The van der Waals surface area contributed by atoms with Gasteiger partial charge in [-0.1, -0.05) is 13.3 Å². The molecule has 1 aromatic carbocycles. The predicted molar refractivity (Wildman–Crippen MR) is 80.2 cm³/mol. The van der Waals surface area contributed by atoms with Crippen molar-refractivity contribution >= 4 is 5.91 Å². The number of carbonyl (C=O) groups is 1. The number of carbonyl (C=O) groups excluding carboxylic acids is 1. The third-order valence-electron chi connectivity index (χ3n) is 3.20. The Morgan fingerprint density at radius 1 is 1.20 bits per heavy atom. The van der Waals surface area contributed by atoms with Crippen LogP contribution >= 0.6 is 0 Å². The fourth-order valence-electron chi connectivity index (χ4n) is 1.94. The minimum Gasteiger partial charge on any atom is -0.497 e. The molecule has 112 valence electrons. The lowest BCUT2D eigenvalue weighted by atomic mass is 10.2. The van der Waals surface area contributed by atoms with Gasteiger partial charge in [-0.2, -0.15) is 0 Å². The largest absolute Gasteiger partial charge is 0.497 e. The topological polar surface area (TPSA) is 38.8 Å². The Morgan fingerprint density at radius 2 is 1.80 bits per heavy atom. The summed E-state index contributed by atoms with van der Waals surface area (Å²) >= 11 is 0. The number of ether oxygens (including phenoxy) is 2. The molecule has 0 saturated carbocycles. The average molecular weight is 279 g/mol. The Morgan fingerprint density at radius 3 is 2.30 bits per heavy atom. The predicted octanol–water partition coefficient (Wildman–Crippen LogP) is 3.11. The summed E-state index contributed by atoms with van der Waals surface area (Å²) in [5, 5.41) is 0. The van der Waals surface area contributed by atoms with Crippen LogP contribution in [0.1, 0.15) is 33.6 Å². The van der Waals surface area contributed by atoms with Crippen LogP contribution < -0.4 is 9.47 Å². The van der Waals surface area contributed by atoms with Gasteiger partial charge in [-0.25, -0.2) is 0 Å². The van der Waals surface area contributed by atoms with E-state index < -0.39 is 6.10 Å². The molecule has 0 aliphatic carbocycles. The normalized spacial score (nSPS) is 11.8. The molecule has 0 fully saturated rings. The van der Waals surface area contributed by atoms with Gasteiger partial charge in [-0.05, 0) is 44.5 Å². The summed E-state index contributed by atoms with van der Waals surface area (Å²) in [6.45, 7) is 7.42. The van der Waals surface area contributed by atoms with Gasteiger partial charge in [0.25, 0.3) is 5.91 Å². The third-order valence-corrected chi connectivity index (χ3v) is 3.20. The van der Waals surface area contributed by atoms with Gasteiger partial charge < -0.3 is 14.4 Å². The number of nitrogens with zero attached hydrogens (tertiary/aromatic N) is 1. The molecule has 0 aliphatic rings. The second kappa shape index (κ2) is 8.46. The van der Waals surface area contributed by atoms with E-state index in [1.165, 1.54) is 0 Å².